The number of hydrogen-bond acceptors (Lipinski definition) is 7. The summed E-state index contributed by atoms with van der Waals surface area (Å²) < 4.78 is 10.6. The predicted octanol–water partition coefficient (Wildman–Crippen LogP) is 3.56. The molecule has 0 aliphatic carbocycles. The normalized spacial score (nSPS) is 14.4. The van der Waals surface area contributed by atoms with Crippen LogP contribution in [0.15, 0.2) is 77.4 Å². The summed E-state index contributed by atoms with van der Waals surface area (Å²) in [4.78, 5) is 17.0. The SMILES string of the molecule is O=C(CN1CCN(c2ccc(OCc3ccccc3)cc2)CC1)Nc1cccc2nonc12. The molecular weight excluding hydrogens is 418 g/mol. The minimum absolute atomic E-state index is 0.0705. The van der Waals surface area contributed by atoms with Crippen LogP contribution >= 0.6 is 0 Å². The predicted molar refractivity (Wildman–Crippen MR) is 126 cm³/mol. The molecule has 3 aromatic carbocycles. The van der Waals surface area contributed by atoms with Crippen LogP contribution in [0, 0.1) is 0 Å². The van der Waals surface area contributed by atoms with Crippen LogP contribution in [0.2, 0.25) is 0 Å². The van der Waals surface area contributed by atoms with Gasteiger partial charge in [-0.2, -0.15) is 0 Å². The third-order valence-electron chi connectivity index (χ3n) is 5.75. The number of carbonyl (C=O) groups is 1. The number of rotatable bonds is 7. The smallest absolute Gasteiger partial charge is 0.238 e. The minimum atomic E-state index is -0.0705. The second kappa shape index (κ2) is 9.70. The van der Waals surface area contributed by atoms with Gasteiger partial charge in [0.15, 0.2) is 5.52 Å². The monoisotopic (exact) mass is 443 g/mol. The Morgan fingerprint density at radius 1 is 0.909 bits per heavy atom. The molecule has 1 saturated heterocycles. The van der Waals surface area contributed by atoms with E-state index in [0.717, 1.165) is 43.2 Å². The maximum Gasteiger partial charge on any atom is 0.238 e. The fourth-order valence-electron chi connectivity index (χ4n) is 3.96. The minimum Gasteiger partial charge on any atom is -0.489 e. The average molecular weight is 444 g/mol. The van der Waals surface area contributed by atoms with Gasteiger partial charge >= 0.3 is 0 Å². The number of aromatic nitrogens is 2. The summed E-state index contributed by atoms with van der Waals surface area (Å²) in [5.74, 6) is 0.786. The Morgan fingerprint density at radius 3 is 2.48 bits per heavy atom. The molecule has 1 fully saturated rings. The van der Waals surface area contributed by atoms with Gasteiger partial charge in [0.25, 0.3) is 0 Å². The van der Waals surface area contributed by atoms with E-state index in [-0.39, 0.29) is 5.91 Å². The summed E-state index contributed by atoms with van der Waals surface area (Å²) in [5, 5.41) is 10.6. The van der Waals surface area contributed by atoms with E-state index in [1.165, 1.54) is 0 Å². The number of hydrogen-bond donors (Lipinski definition) is 1. The van der Waals surface area contributed by atoms with Gasteiger partial charge in [0.05, 0.1) is 12.2 Å². The van der Waals surface area contributed by atoms with Crippen LogP contribution in [-0.2, 0) is 11.4 Å². The molecule has 0 spiro atoms. The average Bonchev–Trinajstić information content (AvgIpc) is 3.34. The maximum atomic E-state index is 12.5. The Morgan fingerprint density at radius 2 is 1.70 bits per heavy atom. The molecule has 168 valence electrons. The lowest BCUT2D eigenvalue weighted by molar-refractivity contribution is -0.117. The Labute approximate surface area is 191 Å². The Kier molecular flexibility index (Phi) is 6.16. The van der Waals surface area contributed by atoms with Crippen molar-refractivity contribution in [1.82, 2.24) is 15.2 Å². The topological polar surface area (TPSA) is 83.7 Å². The number of carbonyl (C=O) groups excluding carboxylic acids is 1. The van der Waals surface area contributed by atoms with Crippen LogP contribution in [0.4, 0.5) is 11.4 Å². The maximum absolute atomic E-state index is 12.5. The molecule has 4 aromatic rings. The van der Waals surface area contributed by atoms with Gasteiger partial charge in [0.1, 0.15) is 17.9 Å². The Bertz CT molecular complexity index is 1200. The second-order valence-electron chi connectivity index (χ2n) is 8.02. The van der Waals surface area contributed by atoms with E-state index >= 15 is 0 Å². The van der Waals surface area contributed by atoms with Gasteiger partial charge in [-0.25, -0.2) is 4.63 Å². The van der Waals surface area contributed by atoms with Gasteiger partial charge in [0.2, 0.25) is 5.91 Å². The van der Waals surface area contributed by atoms with Crippen molar-refractivity contribution < 1.29 is 14.2 Å². The van der Waals surface area contributed by atoms with Crippen molar-refractivity contribution in [1.29, 1.82) is 0 Å². The van der Waals surface area contributed by atoms with Gasteiger partial charge in [-0.05, 0) is 52.3 Å². The zero-order valence-electron chi connectivity index (χ0n) is 18.2. The van der Waals surface area contributed by atoms with Crippen LogP contribution in [0.3, 0.4) is 0 Å². The molecule has 0 unspecified atom stereocenters. The van der Waals surface area contributed by atoms with E-state index in [9.17, 15) is 4.79 Å². The summed E-state index contributed by atoms with van der Waals surface area (Å²) in [6, 6.07) is 23.8. The lowest BCUT2D eigenvalue weighted by Gasteiger charge is -2.35. The number of anilines is 2. The fourth-order valence-corrected chi connectivity index (χ4v) is 3.96. The Hall–Kier alpha value is -3.91. The summed E-state index contributed by atoms with van der Waals surface area (Å²) >= 11 is 0. The van der Waals surface area contributed by atoms with Crippen molar-refractivity contribution in [3.05, 3.63) is 78.4 Å². The van der Waals surface area contributed by atoms with Crippen LogP contribution in [-0.4, -0.2) is 53.8 Å². The van der Waals surface area contributed by atoms with Gasteiger partial charge in [0, 0.05) is 31.9 Å². The van der Waals surface area contributed by atoms with Crippen molar-refractivity contribution in [3.8, 4) is 5.75 Å². The zero-order chi connectivity index (χ0) is 22.5. The van der Waals surface area contributed by atoms with Crippen LogP contribution in [0.1, 0.15) is 5.56 Å². The standard InChI is InChI=1S/C25H25N5O3/c31-24(26-22-7-4-8-23-25(22)28-33-27-23)17-29-13-15-30(16-14-29)20-9-11-21(12-10-20)32-18-19-5-2-1-3-6-19/h1-12H,13-18H2,(H,26,31). The van der Waals surface area contributed by atoms with E-state index in [0.29, 0.717) is 29.9 Å². The number of fused-ring (bicyclic) bond motifs is 1. The number of piperazine rings is 1. The van der Waals surface area contributed by atoms with Crippen molar-refractivity contribution in [2.45, 2.75) is 6.61 Å². The summed E-state index contributed by atoms with van der Waals surface area (Å²) in [7, 11) is 0. The lowest BCUT2D eigenvalue weighted by Crippen LogP contribution is -2.48. The molecule has 1 amide bonds. The summed E-state index contributed by atoms with van der Waals surface area (Å²) in [5.41, 5.74) is 4.12. The molecule has 33 heavy (non-hydrogen) atoms. The number of nitrogens with zero attached hydrogens (tertiary/aromatic N) is 4. The van der Waals surface area contributed by atoms with Gasteiger partial charge in [-0.3, -0.25) is 9.69 Å². The molecule has 8 nitrogen and oxygen atoms in total. The first-order valence-corrected chi connectivity index (χ1v) is 11.0. The highest BCUT2D eigenvalue weighted by molar-refractivity contribution is 5.99. The second-order valence-corrected chi connectivity index (χ2v) is 8.02. The molecule has 0 atom stereocenters. The lowest BCUT2D eigenvalue weighted by atomic mass is 10.2. The van der Waals surface area contributed by atoms with E-state index < -0.39 is 0 Å². The Balaban J connectivity index is 1.09. The van der Waals surface area contributed by atoms with Crippen molar-refractivity contribution in [2.75, 3.05) is 42.9 Å². The zero-order valence-corrected chi connectivity index (χ0v) is 18.2. The van der Waals surface area contributed by atoms with Gasteiger partial charge < -0.3 is 15.0 Å². The van der Waals surface area contributed by atoms with Gasteiger partial charge in [-0.15, -0.1) is 0 Å². The van der Waals surface area contributed by atoms with E-state index in [1.807, 2.05) is 36.4 Å². The molecule has 8 heteroatoms. The first-order chi connectivity index (χ1) is 16.2. The first kappa shape index (κ1) is 21.0. The summed E-state index contributed by atoms with van der Waals surface area (Å²) in [6.07, 6.45) is 0. The van der Waals surface area contributed by atoms with Gasteiger partial charge in [-0.1, -0.05) is 36.4 Å². The third kappa shape index (κ3) is 5.12. The van der Waals surface area contributed by atoms with Crippen molar-refractivity contribution in [3.63, 3.8) is 0 Å². The van der Waals surface area contributed by atoms with Crippen molar-refractivity contribution >= 4 is 28.3 Å². The summed E-state index contributed by atoms with van der Waals surface area (Å²) in [6.45, 7) is 4.25. The molecule has 1 aliphatic heterocycles. The van der Waals surface area contributed by atoms with Crippen LogP contribution < -0.4 is 15.0 Å². The van der Waals surface area contributed by atoms with E-state index in [4.69, 9.17) is 9.37 Å². The largest absolute Gasteiger partial charge is 0.489 e. The molecule has 1 aromatic heterocycles. The van der Waals surface area contributed by atoms with Crippen LogP contribution in [0.5, 0.6) is 5.75 Å². The first-order valence-electron chi connectivity index (χ1n) is 11.0. The number of ether oxygens (including phenoxy) is 1. The third-order valence-corrected chi connectivity index (χ3v) is 5.75. The van der Waals surface area contributed by atoms with Crippen LogP contribution in [0.25, 0.3) is 11.0 Å². The highest BCUT2D eigenvalue weighted by Gasteiger charge is 2.20. The highest BCUT2D eigenvalue weighted by atomic mass is 16.6. The molecule has 1 aliphatic rings. The highest BCUT2D eigenvalue weighted by Crippen LogP contribution is 2.22. The fraction of sp³-hybridized carbons (Fsp3) is 0.240. The number of nitrogens with one attached hydrogen (secondary N) is 1. The molecule has 0 bridgehead atoms. The number of amides is 1. The molecule has 2 heterocycles. The molecule has 0 radical (unpaired) electrons. The number of benzene rings is 3. The van der Waals surface area contributed by atoms with E-state index in [1.54, 1.807) is 12.1 Å². The molecular formula is C25H25N5O3. The molecule has 0 saturated carbocycles. The quantitative estimate of drug-likeness (QED) is 0.468. The van der Waals surface area contributed by atoms with E-state index in [2.05, 4.69) is 49.7 Å². The molecule has 5 rings (SSSR count). The van der Waals surface area contributed by atoms with Crippen molar-refractivity contribution in [2.24, 2.45) is 0 Å². The molecule has 1 N–H and O–H groups in total.